The molecule has 0 saturated heterocycles. The van der Waals surface area contributed by atoms with Gasteiger partial charge in [0.25, 0.3) is 11.6 Å². The van der Waals surface area contributed by atoms with Crippen molar-refractivity contribution in [2.45, 2.75) is 33.6 Å². The number of anilines is 1. The van der Waals surface area contributed by atoms with Gasteiger partial charge < -0.3 is 9.84 Å². The van der Waals surface area contributed by atoms with Crippen LogP contribution in [0.25, 0.3) is 16.8 Å². The molecule has 4 rings (SSSR count). The van der Waals surface area contributed by atoms with Crippen LogP contribution < -0.4 is 5.32 Å². The lowest BCUT2D eigenvalue weighted by Gasteiger charge is -2.11. The molecule has 0 atom stereocenters. The van der Waals surface area contributed by atoms with Gasteiger partial charge in [-0.3, -0.25) is 4.79 Å². The number of aromatic nitrogens is 4. The van der Waals surface area contributed by atoms with Crippen molar-refractivity contribution in [2.24, 2.45) is 0 Å². The summed E-state index contributed by atoms with van der Waals surface area (Å²) < 4.78 is 7.96. The number of amides is 1. The predicted molar refractivity (Wildman–Crippen MR) is 115 cm³/mol. The Balaban J connectivity index is 1.77. The van der Waals surface area contributed by atoms with Crippen LogP contribution in [-0.2, 0) is 0 Å². The van der Waals surface area contributed by atoms with E-state index in [1.165, 1.54) is 0 Å². The lowest BCUT2D eigenvalue weighted by atomic mass is 10.0. The Morgan fingerprint density at radius 2 is 2.00 bits per heavy atom. The van der Waals surface area contributed by atoms with Gasteiger partial charge in [0.15, 0.2) is 0 Å². The van der Waals surface area contributed by atoms with E-state index < -0.39 is 0 Å². The predicted octanol–water partition coefficient (Wildman–Crippen LogP) is 5.16. The smallest absolute Gasteiger partial charge is 0.259 e. The summed E-state index contributed by atoms with van der Waals surface area (Å²) in [5, 5.41) is 12.1. The highest BCUT2D eigenvalue weighted by atomic mass is 79.9. The minimum absolute atomic E-state index is 0.144. The van der Waals surface area contributed by atoms with E-state index >= 15 is 0 Å². The maximum Gasteiger partial charge on any atom is 0.259 e. The summed E-state index contributed by atoms with van der Waals surface area (Å²) in [6.07, 6.45) is 0. The monoisotopic (exact) mass is 453 g/mol. The number of aryl methyl sites for hydroxylation is 2. The summed E-state index contributed by atoms with van der Waals surface area (Å²) >= 11 is 3.48. The Morgan fingerprint density at radius 3 is 2.72 bits per heavy atom. The Labute approximate surface area is 176 Å². The van der Waals surface area contributed by atoms with Gasteiger partial charge in [0.05, 0.1) is 28.0 Å². The average molecular weight is 454 g/mol. The lowest BCUT2D eigenvalue weighted by molar-refractivity contribution is 0.102. The molecule has 29 heavy (non-hydrogen) atoms. The molecule has 3 heterocycles. The van der Waals surface area contributed by atoms with Crippen LogP contribution in [0.4, 0.5) is 5.82 Å². The van der Waals surface area contributed by atoms with E-state index in [2.05, 4.69) is 36.5 Å². The van der Waals surface area contributed by atoms with Crippen LogP contribution in [0.3, 0.4) is 0 Å². The number of hydrogen-bond acceptors (Lipinski definition) is 5. The molecule has 0 aliphatic rings. The largest absolute Gasteiger partial charge is 0.336 e. The molecule has 0 aliphatic heterocycles. The molecule has 148 valence electrons. The summed E-state index contributed by atoms with van der Waals surface area (Å²) in [5.74, 6) is 0.461. The number of pyridine rings is 1. The zero-order valence-corrected chi connectivity index (χ0v) is 18.1. The number of halogens is 1. The maximum atomic E-state index is 13.3. The molecule has 0 saturated carbocycles. The third kappa shape index (κ3) is 3.67. The van der Waals surface area contributed by atoms with E-state index in [0.29, 0.717) is 28.2 Å². The molecule has 1 amide bonds. The first-order valence-corrected chi connectivity index (χ1v) is 10.0. The number of rotatable bonds is 4. The van der Waals surface area contributed by atoms with Gasteiger partial charge in [-0.2, -0.15) is 5.10 Å². The molecule has 3 aromatic heterocycles. The van der Waals surface area contributed by atoms with Gasteiger partial charge in [-0.15, -0.1) is 0 Å². The van der Waals surface area contributed by atoms with Gasteiger partial charge >= 0.3 is 0 Å². The van der Waals surface area contributed by atoms with E-state index in [0.717, 1.165) is 21.5 Å². The first kappa shape index (κ1) is 19.3. The van der Waals surface area contributed by atoms with E-state index in [9.17, 15) is 4.79 Å². The summed E-state index contributed by atoms with van der Waals surface area (Å²) in [7, 11) is 0. The second kappa shape index (κ2) is 7.44. The number of nitrogens with zero attached hydrogens (tertiary/aromatic N) is 4. The quantitative estimate of drug-likeness (QED) is 0.460. The topological polar surface area (TPSA) is 85.8 Å². The Kier molecular flexibility index (Phi) is 4.96. The minimum Gasteiger partial charge on any atom is -0.336 e. The molecule has 1 aromatic carbocycles. The van der Waals surface area contributed by atoms with Crippen molar-refractivity contribution < 1.29 is 9.32 Å². The van der Waals surface area contributed by atoms with E-state index in [-0.39, 0.29) is 11.8 Å². The zero-order valence-electron chi connectivity index (χ0n) is 16.5. The standard InChI is InChI=1S/C21H20BrN5O2/c1-11(2)17-10-16(19-13(4)26-29-21(19)23-17)20(28)24-18-8-12(3)25-27(18)15-7-5-6-14(22)9-15/h5-11H,1-4H3,(H,24,28). The van der Waals surface area contributed by atoms with Crippen LogP contribution >= 0.6 is 15.9 Å². The maximum absolute atomic E-state index is 13.3. The number of hydrogen-bond donors (Lipinski definition) is 1. The van der Waals surface area contributed by atoms with Crippen LogP contribution in [0.15, 0.2) is 45.4 Å². The highest BCUT2D eigenvalue weighted by molar-refractivity contribution is 9.10. The normalized spacial score (nSPS) is 11.4. The molecule has 1 N–H and O–H groups in total. The number of fused-ring (bicyclic) bond motifs is 1. The highest BCUT2D eigenvalue weighted by Gasteiger charge is 2.21. The summed E-state index contributed by atoms with van der Waals surface area (Å²) in [6.45, 7) is 7.72. The molecule has 0 radical (unpaired) electrons. The minimum atomic E-state index is -0.262. The fourth-order valence-electron chi connectivity index (χ4n) is 3.17. The molecule has 7 nitrogen and oxygen atoms in total. The van der Waals surface area contributed by atoms with Gasteiger partial charge in [0, 0.05) is 16.2 Å². The van der Waals surface area contributed by atoms with Gasteiger partial charge in [0.2, 0.25) is 0 Å². The average Bonchev–Trinajstić information content (AvgIpc) is 3.23. The van der Waals surface area contributed by atoms with Crippen molar-refractivity contribution in [2.75, 3.05) is 5.32 Å². The molecule has 0 bridgehead atoms. The molecule has 0 fully saturated rings. The lowest BCUT2D eigenvalue weighted by Crippen LogP contribution is -2.16. The molecule has 8 heteroatoms. The molecule has 0 unspecified atom stereocenters. The SMILES string of the molecule is Cc1cc(NC(=O)c2cc(C(C)C)nc3onc(C)c23)n(-c2cccc(Br)c2)n1. The Morgan fingerprint density at radius 1 is 1.21 bits per heavy atom. The third-order valence-electron chi connectivity index (χ3n) is 4.60. The van der Waals surface area contributed by atoms with Crippen LogP contribution in [0, 0.1) is 13.8 Å². The van der Waals surface area contributed by atoms with Gasteiger partial charge in [-0.1, -0.05) is 41.0 Å². The molecular formula is C21H20BrN5O2. The third-order valence-corrected chi connectivity index (χ3v) is 5.09. The van der Waals surface area contributed by atoms with E-state index in [1.807, 2.05) is 51.1 Å². The summed E-state index contributed by atoms with van der Waals surface area (Å²) in [6, 6.07) is 11.4. The van der Waals surface area contributed by atoms with Crippen molar-refractivity contribution in [3.05, 3.63) is 63.5 Å². The molecular weight excluding hydrogens is 434 g/mol. The van der Waals surface area contributed by atoms with Crippen molar-refractivity contribution in [1.29, 1.82) is 0 Å². The second-order valence-electron chi connectivity index (χ2n) is 7.21. The van der Waals surface area contributed by atoms with Crippen LogP contribution in [0.2, 0.25) is 0 Å². The van der Waals surface area contributed by atoms with Crippen LogP contribution in [0.5, 0.6) is 0 Å². The van der Waals surface area contributed by atoms with Crippen molar-refractivity contribution in [3.8, 4) is 5.69 Å². The number of benzene rings is 1. The van der Waals surface area contributed by atoms with E-state index in [1.54, 1.807) is 17.7 Å². The van der Waals surface area contributed by atoms with Crippen molar-refractivity contribution in [3.63, 3.8) is 0 Å². The number of carbonyl (C=O) groups is 1. The Bertz CT molecular complexity index is 1230. The van der Waals surface area contributed by atoms with Crippen LogP contribution in [0.1, 0.15) is 47.2 Å². The first-order chi connectivity index (χ1) is 13.8. The first-order valence-electron chi connectivity index (χ1n) is 9.24. The second-order valence-corrected chi connectivity index (χ2v) is 8.13. The van der Waals surface area contributed by atoms with Crippen molar-refractivity contribution in [1.82, 2.24) is 19.9 Å². The summed E-state index contributed by atoms with van der Waals surface area (Å²) in [4.78, 5) is 17.7. The van der Waals surface area contributed by atoms with Crippen LogP contribution in [-0.4, -0.2) is 25.8 Å². The number of carbonyl (C=O) groups excluding carboxylic acids is 1. The molecule has 0 spiro atoms. The fraction of sp³-hybridized carbons (Fsp3) is 0.238. The van der Waals surface area contributed by atoms with Gasteiger partial charge in [0.1, 0.15) is 5.82 Å². The van der Waals surface area contributed by atoms with E-state index in [4.69, 9.17) is 4.52 Å². The molecule has 4 aromatic rings. The Hall–Kier alpha value is -3.00. The highest BCUT2D eigenvalue weighted by Crippen LogP contribution is 2.27. The van der Waals surface area contributed by atoms with Gasteiger partial charge in [-0.25, -0.2) is 9.67 Å². The molecule has 0 aliphatic carbocycles. The zero-order chi connectivity index (χ0) is 20.7. The summed E-state index contributed by atoms with van der Waals surface area (Å²) in [5.41, 5.74) is 3.89. The van der Waals surface area contributed by atoms with Crippen molar-refractivity contribution >= 4 is 38.8 Å². The fourth-order valence-corrected chi connectivity index (χ4v) is 3.55. The number of nitrogens with one attached hydrogen (secondary N) is 1. The van der Waals surface area contributed by atoms with Gasteiger partial charge in [-0.05, 0) is 44.0 Å².